The molecule has 6 heterocycles. The van der Waals surface area contributed by atoms with Crippen molar-refractivity contribution in [3.63, 3.8) is 0 Å². The van der Waals surface area contributed by atoms with E-state index in [4.69, 9.17) is 0 Å². The van der Waals surface area contributed by atoms with Crippen LogP contribution in [-0.4, -0.2) is 77.3 Å². The van der Waals surface area contributed by atoms with Gasteiger partial charge in [0.15, 0.2) is 11.5 Å². The molecule has 0 aromatic carbocycles. The number of halogens is 4. The van der Waals surface area contributed by atoms with Crippen LogP contribution in [0.3, 0.4) is 0 Å². The first kappa shape index (κ1) is 25.9. The standard InChI is InChI=1S/C26H24F4N8O2/c1-16(27)24(39)35-14-19(15-35)37-22-20(17-11-33-36(13-17)10-9-34-7-2-8-34)5-6-31-23(22)38(25(37)40)18-3-4-21(32-12-18)26(28,29)30/h3-6,11-13,19H,1-2,7-10,14-15H2. The minimum Gasteiger partial charge on any atom is -0.332 e. The molecule has 0 N–H and O–H groups in total. The van der Waals surface area contributed by atoms with Crippen molar-refractivity contribution < 1.29 is 22.4 Å². The maximum absolute atomic E-state index is 13.8. The minimum atomic E-state index is -4.64. The number of nitrogens with zero attached hydrogens (tertiary/aromatic N) is 8. The molecule has 2 aliphatic rings. The summed E-state index contributed by atoms with van der Waals surface area (Å²) in [4.78, 5) is 37.3. The molecule has 0 unspecified atom stereocenters. The normalized spacial score (nSPS) is 16.2. The highest BCUT2D eigenvalue weighted by Crippen LogP contribution is 2.33. The molecule has 6 rings (SSSR count). The van der Waals surface area contributed by atoms with Gasteiger partial charge in [0.05, 0.1) is 36.2 Å². The molecule has 10 nitrogen and oxygen atoms in total. The van der Waals surface area contributed by atoms with Crippen LogP contribution >= 0.6 is 0 Å². The third-order valence-electron chi connectivity index (χ3n) is 7.34. The number of carbonyl (C=O) groups excluding carboxylic acids is 1. The van der Waals surface area contributed by atoms with Gasteiger partial charge in [0.25, 0.3) is 5.91 Å². The van der Waals surface area contributed by atoms with Crippen LogP contribution in [0.15, 0.2) is 60.2 Å². The molecule has 0 atom stereocenters. The average molecular weight is 557 g/mol. The molecule has 2 saturated heterocycles. The molecule has 2 fully saturated rings. The van der Waals surface area contributed by atoms with Gasteiger partial charge in [-0.15, -0.1) is 0 Å². The van der Waals surface area contributed by atoms with Crippen LogP contribution in [-0.2, 0) is 17.5 Å². The van der Waals surface area contributed by atoms with Crippen molar-refractivity contribution in [3.05, 3.63) is 71.6 Å². The molecule has 40 heavy (non-hydrogen) atoms. The van der Waals surface area contributed by atoms with Crippen LogP contribution in [0.2, 0.25) is 0 Å². The van der Waals surface area contributed by atoms with Gasteiger partial charge in [-0.25, -0.2) is 23.7 Å². The van der Waals surface area contributed by atoms with Gasteiger partial charge < -0.3 is 9.80 Å². The van der Waals surface area contributed by atoms with Crippen LogP contribution < -0.4 is 5.69 Å². The Balaban J connectivity index is 1.44. The Morgan fingerprint density at radius 1 is 1.07 bits per heavy atom. The molecule has 14 heteroatoms. The topological polar surface area (TPSA) is 94.1 Å². The minimum absolute atomic E-state index is 0.0511. The van der Waals surface area contributed by atoms with Gasteiger partial charge in [0.1, 0.15) is 5.69 Å². The second-order valence-electron chi connectivity index (χ2n) is 9.87. The number of imidazole rings is 1. The highest BCUT2D eigenvalue weighted by atomic mass is 19.4. The van der Waals surface area contributed by atoms with E-state index in [1.165, 1.54) is 26.7 Å². The van der Waals surface area contributed by atoms with Crippen LogP contribution in [0.5, 0.6) is 0 Å². The van der Waals surface area contributed by atoms with E-state index in [2.05, 4.69) is 26.5 Å². The first-order valence-corrected chi connectivity index (χ1v) is 12.7. The van der Waals surface area contributed by atoms with E-state index in [9.17, 15) is 27.2 Å². The van der Waals surface area contributed by atoms with E-state index in [1.54, 1.807) is 12.3 Å². The lowest BCUT2D eigenvalue weighted by atomic mass is 10.1. The number of fused-ring (bicyclic) bond motifs is 1. The Bertz CT molecular complexity index is 1660. The molecule has 208 valence electrons. The quantitative estimate of drug-likeness (QED) is 0.257. The van der Waals surface area contributed by atoms with Gasteiger partial charge in [0, 0.05) is 43.2 Å². The zero-order valence-electron chi connectivity index (χ0n) is 21.2. The molecule has 0 spiro atoms. The third kappa shape index (κ3) is 4.47. The monoisotopic (exact) mass is 556 g/mol. The number of hydrogen-bond donors (Lipinski definition) is 0. The summed E-state index contributed by atoms with van der Waals surface area (Å²) in [5.74, 6) is -1.96. The Hall–Kier alpha value is -4.33. The first-order valence-electron chi connectivity index (χ1n) is 12.7. The lowest BCUT2D eigenvalue weighted by molar-refractivity contribution is -0.141. The molecule has 4 aromatic heterocycles. The summed E-state index contributed by atoms with van der Waals surface area (Å²) >= 11 is 0. The van der Waals surface area contributed by atoms with E-state index >= 15 is 0 Å². The van der Waals surface area contributed by atoms with Crippen molar-refractivity contribution in [2.24, 2.45) is 0 Å². The summed E-state index contributed by atoms with van der Waals surface area (Å²) in [6.07, 6.45) is 2.58. The number of likely N-dealkylation sites (tertiary alicyclic amines) is 2. The van der Waals surface area contributed by atoms with Crippen molar-refractivity contribution >= 4 is 17.1 Å². The number of amides is 1. The molecule has 0 aliphatic carbocycles. The lowest BCUT2D eigenvalue weighted by Gasteiger charge is -2.39. The second kappa shape index (κ2) is 9.70. The Morgan fingerprint density at radius 2 is 1.85 bits per heavy atom. The van der Waals surface area contributed by atoms with Crippen LogP contribution in [0.1, 0.15) is 18.2 Å². The largest absolute Gasteiger partial charge is 0.433 e. The van der Waals surface area contributed by atoms with Gasteiger partial charge >= 0.3 is 11.9 Å². The molecular weight excluding hydrogens is 532 g/mol. The number of alkyl halides is 3. The summed E-state index contributed by atoms with van der Waals surface area (Å²) < 4.78 is 57.2. The van der Waals surface area contributed by atoms with Gasteiger partial charge in [-0.05, 0) is 37.7 Å². The number of aromatic nitrogens is 6. The lowest BCUT2D eigenvalue weighted by Crippen LogP contribution is -2.52. The van der Waals surface area contributed by atoms with Crippen molar-refractivity contribution in [1.82, 2.24) is 38.7 Å². The summed E-state index contributed by atoms with van der Waals surface area (Å²) in [5.41, 5.74) is 0.418. The summed E-state index contributed by atoms with van der Waals surface area (Å²) in [7, 11) is 0. The molecular formula is C26H24F4N8O2. The molecule has 0 saturated carbocycles. The van der Waals surface area contributed by atoms with E-state index in [0.29, 0.717) is 17.6 Å². The molecule has 0 radical (unpaired) electrons. The fourth-order valence-corrected chi connectivity index (χ4v) is 5.06. The fraction of sp³-hybridized carbons (Fsp3) is 0.346. The number of rotatable bonds is 7. The smallest absolute Gasteiger partial charge is 0.332 e. The highest BCUT2D eigenvalue weighted by Gasteiger charge is 2.37. The van der Waals surface area contributed by atoms with Crippen LogP contribution in [0, 0.1) is 0 Å². The van der Waals surface area contributed by atoms with E-state index in [-0.39, 0.29) is 24.4 Å². The predicted octanol–water partition coefficient (Wildman–Crippen LogP) is 3.04. The van der Waals surface area contributed by atoms with Crippen molar-refractivity contribution in [2.45, 2.75) is 25.2 Å². The maximum atomic E-state index is 13.8. The van der Waals surface area contributed by atoms with E-state index in [0.717, 1.165) is 43.5 Å². The Labute approximate surface area is 224 Å². The van der Waals surface area contributed by atoms with Crippen molar-refractivity contribution in [2.75, 3.05) is 32.7 Å². The van der Waals surface area contributed by atoms with Crippen molar-refractivity contribution in [1.29, 1.82) is 0 Å². The average Bonchev–Trinajstić information content (AvgIpc) is 3.44. The van der Waals surface area contributed by atoms with Crippen molar-refractivity contribution in [3.8, 4) is 16.8 Å². The zero-order valence-corrected chi connectivity index (χ0v) is 21.2. The summed E-state index contributed by atoms with van der Waals surface area (Å²) in [5, 5.41) is 4.47. The number of pyridine rings is 2. The molecule has 2 aliphatic heterocycles. The van der Waals surface area contributed by atoms with E-state index < -0.39 is 35.3 Å². The van der Waals surface area contributed by atoms with Gasteiger partial charge in [-0.1, -0.05) is 6.58 Å². The predicted molar refractivity (Wildman–Crippen MR) is 136 cm³/mol. The summed E-state index contributed by atoms with van der Waals surface area (Å²) in [6, 6.07) is 3.17. The molecule has 1 amide bonds. The van der Waals surface area contributed by atoms with Crippen LogP contribution in [0.25, 0.3) is 28.0 Å². The Kier molecular flexibility index (Phi) is 6.28. The third-order valence-corrected chi connectivity index (χ3v) is 7.34. The zero-order chi connectivity index (χ0) is 28.2. The van der Waals surface area contributed by atoms with Crippen LogP contribution in [0.4, 0.5) is 17.6 Å². The van der Waals surface area contributed by atoms with E-state index in [1.807, 2.05) is 10.9 Å². The Morgan fingerprint density at radius 3 is 2.48 bits per heavy atom. The van der Waals surface area contributed by atoms with Gasteiger partial charge in [-0.3, -0.25) is 14.0 Å². The maximum Gasteiger partial charge on any atom is 0.433 e. The number of carbonyl (C=O) groups is 1. The second-order valence-corrected chi connectivity index (χ2v) is 9.87. The highest BCUT2D eigenvalue weighted by molar-refractivity contribution is 5.92. The fourth-order valence-electron chi connectivity index (χ4n) is 5.06. The molecule has 4 aromatic rings. The van der Waals surface area contributed by atoms with Gasteiger partial charge in [-0.2, -0.15) is 18.3 Å². The first-order chi connectivity index (χ1) is 19.1. The number of hydrogen-bond acceptors (Lipinski definition) is 6. The summed E-state index contributed by atoms with van der Waals surface area (Å²) in [6.45, 7) is 6.82. The molecule has 0 bridgehead atoms. The SMILES string of the molecule is C=C(F)C(=O)N1CC(n2c(=O)n(-c3ccc(C(F)(F)F)nc3)c3nccc(-c4cnn(CCN5CCC5)c4)c32)C1. The van der Waals surface area contributed by atoms with Gasteiger partial charge in [0.2, 0.25) is 0 Å².